The molecule has 6 nitrogen and oxygen atoms in total. The molecule has 158 valence electrons. The molecule has 0 amide bonds. The summed E-state index contributed by atoms with van der Waals surface area (Å²) in [4.78, 5) is 8.30. The first-order valence-electron chi connectivity index (χ1n) is 9.58. The average molecular weight is 403 g/mol. The normalized spacial score (nSPS) is 13.2. The fraction of sp³-hybridized carbons (Fsp3) is 0.500. The number of nitrogen functional groups attached to an aromatic ring is 1. The predicted octanol–water partition coefficient (Wildman–Crippen LogP) is 4.48. The van der Waals surface area contributed by atoms with Crippen LogP contribution in [-0.2, 0) is 4.74 Å². The second kappa shape index (κ2) is 8.45. The second-order valence-electron chi connectivity index (χ2n) is 8.96. The summed E-state index contributed by atoms with van der Waals surface area (Å²) in [7, 11) is 0. The van der Waals surface area contributed by atoms with E-state index in [0.29, 0.717) is 18.1 Å². The molecule has 0 radical (unpaired) electrons. The van der Waals surface area contributed by atoms with Crippen molar-refractivity contribution in [2.75, 3.05) is 6.61 Å². The number of hydrogen-bond donors (Lipinski definition) is 2. The van der Waals surface area contributed by atoms with Crippen molar-refractivity contribution in [3.63, 3.8) is 0 Å². The number of halogens is 1. The van der Waals surface area contributed by atoms with Gasteiger partial charge in [-0.05, 0) is 46.2 Å². The Balaban J connectivity index is 2.14. The van der Waals surface area contributed by atoms with Gasteiger partial charge in [0.25, 0.3) is 0 Å². The number of rotatable bonds is 7. The molecule has 29 heavy (non-hydrogen) atoms. The quantitative estimate of drug-likeness (QED) is 0.526. The van der Waals surface area contributed by atoms with Crippen molar-refractivity contribution in [3.05, 3.63) is 41.6 Å². The molecule has 7 heteroatoms. The van der Waals surface area contributed by atoms with Crippen LogP contribution in [0.25, 0.3) is 11.1 Å². The molecular formula is C22H31FN4O2. The van der Waals surface area contributed by atoms with Gasteiger partial charge in [-0.25, -0.2) is 14.4 Å². The van der Waals surface area contributed by atoms with E-state index in [1.54, 1.807) is 6.20 Å². The minimum absolute atomic E-state index is 0.00305. The molecular weight excluding hydrogens is 371 g/mol. The Hall–Kier alpha value is -2.54. The van der Waals surface area contributed by atoms with E-state index in [9.17, 15) is 4.39 Å². The maximum absolute atomic E-state index is 14.1. The summed E-state index contributed by atoms with van der Waals surface area (Å²) in [5.41, 5.74) is 6.90. The first-order chi connectivity index (χ1) is 13.3. The minimum atomic E-state index is -0.635. The third-order valence-electron chi connectivity index (χ3n) is 4.72. The Morgan fingerprint density at radius 2 is 1.83 bits per heavy atom. The predicted molar refractivity (Wildman–Crippen MR) is 113 cm³/mol. The number of nitrogens with zero attached hydrogens (tertiary/aromatic N) is 2. The number of nitrogens with one attached hydrogen (secondary N) is 1. The Bertz CT molecular complexity index is 891. The third-order valence-corrected chi connectivity index (χ3v) is 4.72. The van der Waals surface area contributed by atoms with E-state index in [-0.39, 0.29) is 22.8 Å². The van der Waals surface area contributed by atoms with Gasteiger partial charge in [0.15, 0.2) is 5.82 Å². The Kier molecular flexibility index (Phi) is 6.63. The third kappa shape index (κ3) is 5.97. The van der Waals surface area contributed by atoms with Crippen LogP contribution in [0.15, 0.2) is 24.5 Å². The smallest absolute Gasteiger partial charge is 0.213 e. The number of pyridine rings is 2. The van der Waals surface area contributed by atoms with Crippen LogP contribution in [0.5, 0.6) is 5.88 Å². The lowest BCUT2D eigenvalue weighted by Crippen LogP contribution is -2.39. The minimum Gasteiger partial charge on any atom is -0.477 e. The summed E-state index contributed by atoms with van der Waals surface area (Å²) in [6.45, 7) is 14.7. The van der Waals surface area contributed by atoms with Gasteiger partial charge in [0.05, 0.1) is 18.3 Å². The molecule has 0 aliphatic heterocycles. The van der Waals surface area contributed by atoms with Crippen LogP contribution in [0.1, 0.15) is 52.8 Å². The van der Waals surface area contributed by atoms with E-state index in [4.69, 9.17) is 20.6 Å². The van der Waals surface area contributed by atoms with E-state index in [1.807, 2.05) is 40.7 Å². The topological polar surface area (TPSA) is 94.1 Å². The lowest BCUT2D eigenvalue weighted by molar-refractivity contribution is -0.109. The van der Waals surface area contributed by atoms with Gasteiger partial charge < -0.3 is 15.2 Å². The molecule has 2 aromatic heterocycles. The van der Waals surface area contributed by atoms with Crippen molar-refractivity contribution in [3.8, 4) is 17.0 Å². The summed E-state index contributed by atoms with van der Waals surface area (Å²) in [6.07, 6.45) is 3.12. The fourth-order valence-corrected chi connectivity index (χ4v) is 2.76. The highest BCUT2D eigenvalue weighted by atomic mass is 19.1. The van der Waals surface area contributed by atoms with Crippen LogP contribution in [0, 0.1) is 23.6 Å². The van der Waals surface area contributed by atoms with Crippen LogP contribution in [0.2, 0.25) is 0 Å². The monoisotopic (exact) mass is 402 g/mol. The molecule has 1 atom stereocenters. The average Bonchev–Trinajstić information content (AvgIpc) is 2.58. The number of ether oxygens (including phenoxy) is 2. The van der Waals surface area contributed by atoms with Gasteiger partial charge in [-0.1, -0.05) is 13.8 Å². The Morgan fingerprint density at radius 3 is 2.34 bits per heavy atom. The van der Waals surface area contributed by atoms with Gasteiger partial charge in [0.1, 0.15) is 11.5 Å². The van der Waals surface area contributed by atoms with Gasteiger partial charge in [-0.15, -0.1) is 0 Å². The molecule has 0 aliphatic carbocycles. The molecule has 0 fully saturated rings. The molecule has 3 N–H and O–H groups in total. The number of aryl methyl sites for hydroxylation is 1. The van der Waals surface area contributed by atoms with E-state index < -0.39 is 11.7 Å². The molecule has 0 spiro atoms. The van der Waals surface area contributed by atoms with Crippen LogP contribution < -0.4 is 10.5 Å². The van der Waals surface area contributed by atoms with E-state index in [1.165, 1.54) is 12.3 Å². The zero-order valence-electron chi connectivity index (χ0n) is 18.3. The first-order valence-corrected chi connectivity index (χ1v) is 9.58. The summed E-state index contributed by atoms with van der Waals surface area (Å²) in [6, 6.07) is 3.13. The first kappa shape index (κ1) is 22.7. The van der Waals surface area contributed by atoms with Crippen LogP contribution in [-0.4, -0.2) is 34.1 Å². The summed E-state index contributed by atoms with van der Waals surface area (Å²) < 4.78 is 26.1. The maximum Gasteiger partial charge on any atom is 0.213 e. The lowest BCUT2D eigenvalue weighted by Gasteiger charge is -2.36. The van der Waals surface area contributed by atoms with Crippen molar-refractivity contribution in [1.29, 1.82) is 5.41 Å². The van der Waals surface area contributed by atoms with Gasteiger partial charge in [-0.3, -0.25) is 5.41 Å². The highest BCUT2D eigenvalue weighted by Gasteiger charge is 2.31. The van der Waals surface area contributed by atoms with Crippen LogP contribution in [0.4, 0.5) is 4.39 Å². The Morgan fingerprint density at radius 1 is 1.17 bits per heavy atom. The molecule has 0 bridgehead atoms. The summed E-state index contributed by atoms with van der Waals surface area (Å²) >= 11 is 0. The largest absolute Gasteiger partial charge is 0.477 e. The molecule has 2 rings (SSSR count). The molecule has 0 saturated heterocycles. The van der Waals surface area contributed by atoms with E-state index in [0.717, 1.165) is 11.1 Å². The summed E-state index contributed by atoms with van der Waals surface area (Å²) in [5, 5.41) is 7.33. The van der Waals surface area contributed by atoms with E-state index in [2.05, 4.69) is 23.8 Å². The van der Waals surface area contributed by atoms with Gasteiger partial charge in [0, 0.05) is 35.0 Å². The zero-order valence-corrected chi connectivity index (χ0v) is 18.3. The van der Waals surface area contributed by atoms with Gasteiger partial charge >= 0.3 is 0 Å². The maximum atomic E-state index is 14.1. The van der Waals surface area contributed by atoms with Crippen LogP contribution >= 0.6 is 0 Å². The van der Waals surface area contributed by atoms with Crippen molar-refractivity contribution in [2.45, 2.75) is 60.2 Å². The highest BCUT2D eigenvalue weighted by Crippen LogP contribution is 2.29. The number of aromatic nitrogens is 2. The van der Waals surface area contributed by atoms with Crippen molar-refractivity contribution in [1.82, 2.24) is 9.97 Å². The van der Waals surface area contributed by atoms with E-state index >= 15 is 0 Å². The number of nitrogens with two attached hydrogens (primary N) is 1. The molecule has 2 aromatic rings. The Labute approximate surface area is 172 Å². The molecule has 2 heterocycles. The molecule has 0 aromatic carbocycles. The van der Waals surface area contributed by atoms with Gasteiger partial charge in [0.2, 0.25) is 5.88 Å². The lowest BCUT2D eigenvalue weighted by atomic mass is 9.88. The highest BCUT2D eigenvalue weighted by molar-refractivity contribution is 5.93. The summed E-state index contributed by atoms with van der Waals surface area (Å²) in [5.74, 6) is -0.541. The molecule has 0 saturated carbocycles. The standard InChI is InChI=1S/C22H31FN4O2/c1-13-8-18(28-12-22(6,7)14(2)29-21(3,4)5)26-11-16(13)15-9-17(23)19(20(24)25)27-10-15/h8-11,14H,12H2,1-7H3,(H3,24,25). The molecule has 0 aliphatic rings. The number of hydrogen-bond acceptors (Lipinski definition) is 5. The SMILES string of the molecule is Cc1cc(OCC(C)(C)C(C)OC(C)(C)C)ncc1-c1cnc(C(=N)N)c(F)c1. The van der Waals surface area contributed by atoms with Gasteiger partial charge in [-0.2, -0.15) is 0 Å². The van der Waals surface area contributed by atoms with Crippen molar-refractivity contribution in [2.24, 2.45) is 11.1 Å². The van der Waals surface area contributed by atoms with Crippen LogP contribution in [0.3, 0.4) is 0 Å². The zero-order chi connectivity index (χ0) is 22.0. The fourth-order valence-electron chi connectivity index (χ4n) is 2.76. The van der Waals surface area contributed by atoms with Crippen molar-refractivity contribution < 1.29 is 13.9 Å². The van der Waals surface area contributed by atoms with Crippen molar-refractivity contribution >= 4 is 5.84 Å². The second-order valence-corrected chi connectivity index (χ2v) is 8.96. The number of amidine groups is 1. The molecule has 1 unspecified atom stereocenters.